The number of amides is 1. The van der Waals surface area contributed by atoms with E-state index in [1.54, 1.807) is 20.8 Å². The molecule has 13 heavy (non-hydrogen) atoms. The minimum absolute atomic E-state index is 0.199. The van der Waals surface area contributed by atoms with Crippen LogP contribution in [0.5, 0.6) is 0 Å². The summed E-state index contributed by atoms with van der Waals surface area (Å²) in [5, 5.41) is 0. The molecule has 76 valence electrons. The Bertz CT molecular complexity index is 177. The molecule has 0 radical (unpaired) electrons. The van der Waals surface area contributed by atoms with Crippen LogP contribution in [0.3, 0.4) is 0 Å². The Kier molecular flexibility index (Phi) is 5.67. The zero-order valence-electron chi connectivity index (χ0n) is 8.20. The zero-order valence-corrected chi connectivity index (χ0v) is 8.20. The Balaban J connectivity index is 3.90. The lowest BCUT2D eigenvalue weighted by molar-refractivity contribution is 0.0646. The van der Waals surface area contributed by atoms with Crippen LogP contribution in [-0.4, -0.2) is 36.8 Å². The van der Waals surface area contributed by atoms with Crippen LogP contribution in [0.25, 0.3) is 0 Å². The van der Waals surface area contributed by atoms with Gasteiger partial charge in [0.15, 0.2) is 0 Å². The molecule has 0 spiro atoms. The molecule has 0 heterocycles. The molecule has 1 amide bonds. The van der Waals surface area contributed by atoms with E-state index < -0.39 is 12.2 Å². The lowest BCUT2D eigenvalue weighted by Gasteiger charge is -2.16. The van der Waals surface area contributed by atoms with Crippen LogP contribution in [0.15, 0.2) is 0 Å². The average Bonchev–Trinajstić information content (AvgIpc) is 2.06. The standard InChI is InChI=1S/C8H15NO4/c1-4-9(5-2)7(10)13-8(11)12-6-3/h4-6H2,1-3H3. The third-order valence-electron chi connectivity index (χ3n) is 1.45. The molecule has 0 fully saturated rings. The third-order valence-corrected chi connectivity index (χ3v) is 1.45. The molecule has 0 bridgehead atoms. The molecule has 0 aliphatic heterocycles. The van der Waals surface area contributed by atoms with E-state index in [1.807, 2.05) is 0 Å². The SMILES string of the molecule is CCOC(=O)OC(=O)N(CC)CC. The second kappa shape index (κ2) is 6.28. The molecule has 0 aromatic heterocycles. The maximum Gasteiger partial charge on any atom is 0.517 e. The second-order valence-corrected chi connectivity index (χ2v) is 2.22. The van der Waals surface area contributed by atoms with Crippen LogP contribution in [-0.2, 0) is 9.47 Å². The molecule has 0 atom stereocenters. The van der Waals surface area contributed by atoms with E-state index in [-0.39, 0.29) is 6.61 Å². The van der Waals surface area contributed by atoms with Crippen molar-refractivity contribution in [1.82, 2.24) is 4.90 Å². The molecule has 0 saturated carbocycles. The van der Waals surface area contributed by atoms with Gasteiger partial charge in [-0.1, -0.05) is 0 Å². The van der Waals surface area contributed by atoms with Crippen LogP contribution >= 0.6 is 0 Å². The van der Waals surface area contributed by atoms with E-state index >= 15 is 0 Å². The van der Waals surface area contributed by atoms with Crippen molar-refractivity contribution in [3.8, 4) is 0 Å². The average molecular weight is 189 g/mol. The summed E-state index contributed by atoms with van der Waals surface area (Å²) in [5.74, 6) is 0. The fourth-order valence-corrected chi connectivity index (χ4v) is 0.765. The zero-order chi connectivity index (χ0) is 10.3. The Morgan fingerprint density at radius 2 is 1.69 bits per heavy atom. The van der Waals surface area contributed by atoms with Gasteiger partial charge in [0.1, 0.15) is 0 Å². The summed E-state index contributed by atoms with van der Waals surface area (Å²) in [6, 6.07) is 0. The molecule has 0 aliphatic carbocycles. The lowest BCUT2D eigenvalue weighted by Crippen LogP contribution is -2.32. The van der Waals surface area contributed by atoms with E-state index in [2.05, 4.69) is 9.47 Å². The molecule has 0 N–H and O–H groups in total. The van der Waals surface area contributed by atoms with Gasteiger partial charge in [0.25, 0.3) is 0 Å². The van der Waals surface area contributed by atoms with Gasteiger partial charge in [-0.25, -0.2) is 9.59 Å². The van der Waals surface area contributed by atoms with Crippen molar-refractivity contribution >= 4 is 12.2 Å². The van der Waals surface area contributed by atoms with Crippen molar-refractivity contribution in [3.05, 3.63) is 0 Å². The number of ether oxygens (including phenoxy) is 2. The fourth-order valence-electron chi connectivity index (χ4n) is 0.765. The van der Waals surface area contributed by atoms with E-state index in [0.29, 0.717) is 13.1 Å². The Morgan fingerprint density at radius 1 is 1.15 bits per heavy atom. The van der Waals surface area contributed by atoms with Crippen molar-refractivity contribution in [2.75, 3.05) is 19.7 Å². The van der Waals surface area contributed by atoms with Gasteiger partial charge >= 0.3 is 12.2 Å². The highest BCUT2D eigenvalue weighted by Crippen LogP contribution is 1.95. The van der Waals surface area contributed by atoms with Crippen molar-refractivity contribution < 1.29 is 19.1 Å². The number of carbonyl (C=O) groups is 2. The number of carbonyl (C=O) groups excluding carboxylic acids is 2. The van der Waals surface area contributed by atoms with Crippen molar-refractivity contribution in [2.45, 2.75) is 20.8 Å². The van der Waals surface area contributed by atoms with Gasteiger partial charge in [0.2, 0.25) is 0 Å². The third kappa shape index (κ3) is 4.35. The van der Waals surface area contributed by atoms with E-state index in [0.717, 1.165) is 0 Å². The largest absolute Gasteiger partial charge is 0.517 e. The summed E-state index contributed by atoms with van der Waals surface area (Å²) in [6.45, 7) is 6.46. The molecule has 0 unspecified atom stereocenters. The number of nitrogens with zero attached hydrogens (tertiary/aromatic N) is 1. The predicted octanol–water partition coefficient (Wildman–Crippen LogP) is 1.62. The summed E-state index contributed by atoms with van der Waals surface area (Å²) in [6.07, 6.45) is -1.61. The first-order valence-electron chi connectivity index (χ1n) is 4.29. The number of hydrogen-bond donors (Lipinski definition) is 0. The van der Waals surface area contributed by atoms with Crippen LogP contribution in [0, 0.1) is 0 Å². The minimum Gasteiger partial charge on any atom is -0.434 e. The first-order valence-corrected chi connectivity index (χ1v) is 4.29. The van der Waals surface area contributed by atoms with Crippen molar-refractivity contribution in [2.24, 2.45) is 0 Å². The quantitative estimate of drug-likeness (QED) is 0.500. The lowest BCUT2D eigenvalue weighted by atomic mass is 10.6. The summed E-state index contributed by atoms with van der Waals surface area (Å²) in [4.78, 5) is 23.2. The van der Waals surface area contributed by atoms with E-state index in [4.69, 9.17) is 0 Å². The Hall–Kier alpha value is -1.26. The number of hydrogen-bond acceptors (Lipinski definition) is 4. The monoisotopic (exact) mass is 189 g/mol. The normalized spacial score (nSPS) is 9.15. The fraction of sp³-hybridized carbons (Fsp3) is 0.750. The first-order chi connectivity index (χ1) is 6.15. The Morgan fingerprint density at radius 3 is 2.08 bits per heavy atom. The van der Waals surface area contributed by atoms with Crippen LogP contribution < -0.4 is 0 Å². The van der Waals surface area contributed by atoms with Gasteiger partial charge < -0.3 is 14.4 Å². The Labute approximate surface area is 77.6 Å². The number of rotatable bonds is 3. The highest BCUT2D eigenvalue weighted by Gasteiger charge is 2.15. The van der Waals surface area contributed by atoms with Crippen LogP contribution in [0.4, 0.5) is 9.59 Å². The molecule has 0 saturated heterocycles. The molecule has 5 heteroatoms. The maximum atomic E-state index is 11.1. The molecule has 0 aliphatic rings. The van der Waals surface area contributed by atoms with Gasteiger partial charge in [0, 0.05) is 13.1 Å². The summed E-state index contributed by atoms with van der Waals surface area (Å²) in [7, 11) is 0. The van der Waals surface area contributed by atoms with Crippen LogP contribution in [0.2, 0.25) is 0 Å². The summed E-state index contributed by atoms with van der Waals surface area (Å²) < 4.78 is 8.80. The van der Waals surface area contributed by atoms with Crippen LogP contribution in [0.1, 0.15) is 20.8 Å². The molecule has 0 aromatic carbocycles. The van der Waals surface area contributed by atoms with E-state index in [1.165, 1.54) is 4.90 Å². The molecule has 0 rings (SSSR count). The molecule has 0 aromatic rings. The topological polar surface area (TPSA) is 55.8 Å². The smallest absolute Gasteiger partial charge is 0.434 e. The van der Waals surface area contributed by atoms with Gasteiger partial charge in [-0.2, -0.15) is 0 Å². The molecular formula is C8H15NO4. The van der Waals surface area contributed by atoms with Crippen molar-refractivity contribution in [1.29, 1.82) is 0 Å². The van der Waals surface area contributed by atoms with Gasteiger partial charge in [-0.15, -0.1) is 0 Å². The van der Waals surface area contributed by atoms with Gasteiger partial charge in [-0.3, -0.25) is 0 Å². The van der Waals surface area contributed by atoms with Gasteiger partial charge in [-0.05, 0) is 20.8 Å². The van der Waals surface area contributed by atoms with E-state index in [9.17, 15) is 9.59 Å². The van der Waals surface area contributed by atoms with Gasteiger partial charge in [0.05, 0.1) is 6.61 Å². The highest BCUT2D eigenvalue weighted by atomic mass is 16.7. The minimum atomic E-state index is -0.945. The second-order valence-electron chi connectivity index (χ2n) is 2.22. The summed E-state index contributed by atoms with van der Waals surface area (Å²) >= 11 is 0. The predicted molar refractivity (Wildman–Crippen MR) is 46.4 cm³/mol. The maximum absolute atomic E-state index is 11.1. The van der Waals surface area contributed by atoms with Crippen molar-refractivity contribution in [3.63, 3.8) is 0 Å². The molecular weight excluding hydrogens is 174 g/mol. The first kappa shape index (κ1) is 11.7. The highest BCUT2D eigenvalue weighted by molar-refractivity contribution is 5.80. The summed E-state index contributed by atoms with van der Waals surface area (Å²) in [5.41, 5.74) is 0. The molecule has 5 nitrogen and oxygen atoms in total.